The molecule has 0 atom stereocenters. The van der Waals surface area contributed by atoms with E-state index in [2.05, 4.69) is 34.2 Å². The molecule has 2 aromatic carbocycles. The van der Waals surface area contributed by atoms with Crippen molar-refractivity contribution < 1.29 is 19.0 Å². The van der Waals surface area contributed by atoms with Crippen molar-refractivity contribution in [1.29, 1.82) is 0 Å². The Kier molecular flexibility index (Phi) is 7.38. The van der Waals surface area contributed by atoms with Crippen LogP contribution in [0.5, 0.6) is 23.5 Å². The van der Waals surface area contributed by atoms with Gasteiger partial charge >= 0.3 is 6.01 Å². The van der Waals surface area contributed by atoms with Gasteiger partial charge in [-0.3, -0.25) is 0 Å². The van der Waals surface area contributed by atoms with Gasteiger partial charge in [-0.05, 0) is 30.7 Å². The van der Waals surface area contributed by atoms with Crippen LogP contribution in [0.15, 0.2) is 65.8 Å². The predicted octanol–water partition coefficient (Wildman–Crippen LogP) is 4.66. The third-order valence-corrected chi connectivity index (χ3v) is 3.99. The van der Waals surface area contributed by atoms with Crippen molar-refractivity contribution in [2.45, 2.75) is 6.92 Å². The summed E-state index contributed by atoms with van der Waals surface area (Å²) in [6.45, 7) is 2.41. The van der Waals surface area contributed by atoms with E-state index in [-0.39, 0.29) is 6.01 Å². The molecule has 0 spiro atoms. The van der Waals surface area contributed by atoms with Crippen molar-refractivity contribution in [2.24, 2.45) is 5.16 Å². The van der Waals surface area contributed by atoms with Crippen LogP contribution < -0.4 is 14.2 Å². The molecule has 0 radical (unpaired) electrons. The van der Waals surface area contributed by atoms with Gasteiger partial charge in [0.25, 0.3) is 0 Å². The number of ether oxygens (including phenoxy) is 3. The predicted molar refractivity (Wildman–Crippen MR) is 115 cm³/mol. The minimum atomic E-state index is 0.106. The van der Waals surface area contributed by atoms with E-state index in [0.717, 1.165) is 5.56 Å². The number of nitrogens with zero attached hydrogens (tertiary/aromatic N) is 3. The standard InChI is InChI=1S/C23H23N3O4/c1-17-8-6-9-18(14-17)10-7-13-29-24-16-19-11-4-5-12-20(19)30-23-25-21(27-2)15-22(26-23)28-3/h4-12,14-16H,13H2,1-3H3/b10-7+,24-16-. The van der Waals surface area contributed by atoms with Crippen molar-refractivity contribution >= 4 is 12.3 Å². The van der Waals surface area contributed by atoms with Gasteiger partial charge in [-0.15, -0.1) is 0 Å². The van der Waals surface area contributed by atoms with Crippen molar-refractivity contribution in [1.82, 2.24) is 9.97 Å². The normalized spacial score (nSPS) is 11.0. The first-order chi connectivity index (χ1) is 14.7. The summed E-state index contributed by atoms with van der Waals surface area (Å²) in [6, 6.07) is 17.2. The average Bonchev–Trinajstić information content (AvgIpc) is 2.77. The van der Waals surface area contributed by atoms with E-state index in [4.69, 9.17) is 19.0 Å². The molecular weight excluding hydrogens is 382 g/mol. The smallest absolute Gasteiger partial charge is 0.328 e. The SMILES string of the molecule is COc1cc(OC)nc(Oc2ccccc2/C=N\OC/C=C/c2cccc(C)c2)n1. The van der Waals surface area contributed by atoms with E-state index in [1.54, 1.807) is 18.3 Å². The van der Waals surface area contributed by atoms with E-state index >= 15 is 0 Å². The van der Waals surface area contributed by atoms with E-state index in [9.17, 15) is 0 Å². The number of aromatic nitrogens is 2. The van der Waals surface area contributed by atoms with Gasteiger partial charge in [0.1, 0.15) is 12.4 Å². The maximum atomic E-state index is 5.80. The van der Waals surface area contributed by atoms with Crippen LogP contribution >= 0.6 is 0 Å². The number of hydrogen-bond donors (Lipinski definition) is 0. The zero-order valence-corrected chi connectivity index (χ0v) is 17.1. The summed E-state index contributed by atoms with van der Waals surface area (Å²) >= 11 is 0. The zero-order chi connectivity index (χ0) is 21.2. The van der Waals surface area contributed by atoms with Gasteiger partial charge in [-0.2, -0.15) is 9.97 Å². The highest BCUT2D eigenvalue weighted by atomic mass is 16.6. The Hall–Kier alpha value is -3.87. The Morgan fingerprint density at radius 2 is 1.70 bits per heavy atom. The number of para-hydroxylation sites is 1. The summed E-state index contributed by atoms with van der Waals surface area (Å²) in [6.07, 6.45) is 5.48. The fourth-order valence-corrected chi connectivity index (χ4v) is 2.56. The molecule has 0 aliphatic rings. The molecule has 1 heterocycles. The van der Waals surface area contributed by atoms with E-state index < -0.39 is 0 Å². The molecule has 0 N–H and O–H groups in total. The van der Waals surface area contributed by atoms with Crippen molar-refractivity contribution in [2.75, 3.05) is 20.8 Å². The molecule has 0 saturated carbocycles. The third kappa shape index (κ3) is 6.07. The van der Waals surface area contributed by atoms with Gasteiger partial charge in [0, 0.05) is 5.56 Å². The highest BCUT2D eigenvalue weighted by molar-refractivity contribution is 5.83. The summed E-state index contributed by atoms with van der Waals surface area (Å²) in [5, 5.41) is 4.01. The molecule has 0 aliphatic carbocycles. The fourth-order valence-electron chi connectivity index (χ4n) is 2.56. The molecule has 7 nitrogen and oxygen atoms in total. The maximum absolute atomic E-state index is 5.80. The quantitative estimate of drug-likeness (QED) is 0.293. The van der Waals surface area contributed by atoms with Gasteiger partial charge < -0.3 is 19.0 Å². The number of oxime groups is 1. The summed E-state index contributed by atoms with van der Waals surface area (Å²) in [5.41, 5.74) is 3.05. The highest BCUT2D eigenvalue weighted by Crippen LogP contribution is 2.25. The molecule has 0 amide bonds. The largest absolute Gasteiger partial charge is 0.481 e. The van der Waals surface area contributed by atoms with Crippen molar-refractivity contribution in [3.05, 3.63) is 77.4 Å². The van der Waals surface area contributed by atoms with Crippen LogP contribution in [0, 0.1) is 6.92 Å². The van der Waals surface area contributed by atoms with Crippen LogP contribution in [0.1, 0.15) is 16.7 Å². The Bertz CT molecular complexity index is 1010. The monoisotopic (exact) mass is 405 g/mol. The molecular formula is C23H23N3O4. The lowest BCUT2D eigenvalue weighted by molar-refractivity contribution is 0.177. The van der Waals surface area contributed by atoms with Gasteiger partial charge in [-0.1, -0.05) is 53.2 Å². The molecule has 0 aliphatic heterocycles. The molecule has 30 heavy (non-hydrogen) atoms. The van der Waals surface area contributed by atoms with Gasteiger partial charge in [0.15, 0.2) is 0 Å². The molecule has 0 saturated heterocycles. The minimum absolute atomic E-state index is 0.106. The van der Waals surface area contributed by atoms with E-state index in [0.29, 0.717) is 29.7 Å². The highest BCUT2D eigenvalue weighted by Gasteiger charge is 2.09. The first-order valence-corrected chi connectivity index (χ1v) is 9.30. The lowest BCUT2D eigenvalue weighted by atomic mass is 10.1. The molecule has 154 valence electrons. The van der Waals surface area contributed by atoms with E-state index in [1.807, 2.05) is 42.5 Å². The maximum Gasteiger partial charge on any atom is 0.328 e. The molecule has 1 aromatic heterocycles. The first-order valence-electron chi connectivity index (χ1n) is 9.30. The second kappa shape index (κ2) is 10.6. The molecule has 0 fully saturated rings. The summed E-state index contributed by atoms with van der Waals surface area (Å²) < 4.78 is 16.1. The van der Waals surface area contributed by atoms with Crippen molar-refractivity contribution in [3.8, 4) is 23.5 Å². The zero-order valence-electron chi connectivity index (χ0n) is 17.1. The van der Waals surface area contributed by atoms with Gasteiger partial charge in [0.05, 0.1) is 26.5 Å². The Morgan fingerprint density at radius 3 is 2.43 bits per heavy atom. The van der Waals surface area contributed by atoms with Crippen LogP contribution in [0.4, 0.5) is 0 Å². The average molecular weight is 405 g/mol. The summed E-state index contributed by atoms with van der Waals surface area (Å²) in [4.78, 5) is 13.7. The van der Waals surface area contributed by atoms with Crippen LogP contribution in [0.25, 0.3) is 6.08 Å². The Morgan fingerprint density at radius 1 is 0.933 bits per heavy atom. The second-order valence-corrected chi connectivity index (χ2v) is 6.22. The second-order valence-electron chi connectivity index (χ2n) is 6.22. The third-order valence-electron chi connectivity index (χ3n) is 3.99. The van der Waals surface area contributed by atoms with Gasteiger partial charge in [0.2, 0.25) is 11.8 Å². The topological polar surface area (TPSA) is 75.1 Å². The lowest BCUT2D eigenvalue weighted by Gasteiger charge is -2.09. The van der Waals surface area contributed by atoms with Crippen LogP contribution in [-0.2, 0) is 4.84 Å². The van der Waals surface area contributed by atoms with Crippen LogP contribution in [0.3, 0.4) is 0 Å². The molecule has 3 aromatic rings. The van der Waals surface area contributed by atoms with Gasteiger partial charge in [-0.25, -0.2) is 0 Å². The molecule has 0 unspecified atom stereocenters. The Balaban J connectivity index is 1.62. The minimum Gasteiger partial charge on any atom is -0.481 e. The number of rotatable bonds is 9. The Labute approximate surface area is 175 Å². The number of benzene rings is 2. The number of methoxy groups -OCH3 is 2. The van der Waals surface area contributed by atoms with Crippen LogP contribution in [-0.4, -0.2) is 37.0 Å². The summed E-state index contributed by atoms with van der Waals surface area (Å²) in [7, 11) is 3.02. The lowest BCUT2D eigenvalue weighted by Crippen LogP contribution is -1.99. The number of aryl methyl sites for hydroxylation is 1. The fraction of sp³-hybridized carbons (Fsp3) is 0.174. The van der Waals surface area contributed by atoms with Crippen molar-refractivity contribution in [3.63, 3.8) is 0 Å². The molecule has 3 rings (SSSR count). The summed E-state index contributed by atoms with van der Waals surface area (Å²) in [5.74, 6) is 1.20. The molecule has 7 heteroatoms. The number of hydrogen-bond acceptors (Lipinski definition) is 7. The first kappa shape index (κ1) is 20.9. The van der Waals surface area contributed by atoms with Crippen LogP contribution in [0.2, 0.25) is 0 Å². The van der Waals surface area contributed by atoms with E-state index in [1.165, 1.54) is 19.8 Å². The molecule has 0 bridgehead atoms.